The molecule has 17 heavy (non-hydrogen) atoms. The van der Waals surface area contributed by atoms with Crippen LogP contribution in [0.15, 0.2) is 53.0 Å². The summed E-state index contributed by atoms with van der Waals surface area (Å²) in [6.07, 6.45) is 4.17. The molecular formula is C15H13BrO. The van der Waals surface area contributed by atoms with E-state index in [1.165, 1.54) is 5.56 Å². The van der Waals surface area contributed by atoms with Gasteiger partial charge in [0.15, 0.2) is 0 Å². The lowest BCUT2D eigenvalue weighted by Crippen LogP contribution is -1.84. The van der Waals surface area contributed by atoms with Crippen LogP contribution in [0.25, 0.3) is 12.2 Å². The fraction of sp³-hybridized carbons (Fsp3) is 0.0667. The van der Waals surface area contributed by atoms with E-state index in [0.717, 1.165) is 15.8 Å². The molecular weight excluding hydrogens is 276 g/mol. The molecule has 0 spiro atoms. The lowest BCUT2D eigenvalue weighted by Gasteiger charge is -2.03. The van der Waals surface area contributed by atoms with Gasteiger partial charge >= 0.3 is 0 Å². The Morgan fingerprint density at radius 1 is 0.941 bits per heavy atom. The van der Waals surface area contributed by atoms with E-state index < -0.39 is 0 Å². The summed E-state index contributed by atoms with van der Waals surface area (Å²) in [6, 6.07) is 16.3. The first-order valence-corrected chi connectivity index (χ1v) is 6.15. The van der Waals surface area contributed by atoms with Crippen LogP contribution in [0.5, 0.6) is 5.75 Å². The Bertz CT molecular complexity index is 518. The molecule has 0 saturated heterocycles. The van der Waals surface area contributed by atoms with Crippen LogP contribution < -0.4 is 4.74 Å². The zero-order chi connectivity index (χ0) is 12.1. The number of methoxy groups -OCH3 is 1. The molecule has 0 bridgehead atoms. The molecule has 0 aliphatic heterocycles. The summed E-state index contributed by atoms with van der Waals surface area (Å²) in [5, 5.41) is 0. The molecule has 0 aliphatic carbocycles. The van der Waals surface area contributed by atoms with Gasteiger partial charge in [-0.05, 0) is 39.2 Å². The van der Waals surface area contributed by atoms with Crippen molar-refractivity contribution in [3.8, 4) is 5.75 Å². The molecule has 2 rings (SSSR count). The topological polar surface area (TPSA) is 9.23 Å². The molecule has 2 aromatic rings. The first kappa shape index (κ1) is 11.9. The standard InChI is InChI=1S/C15H13BrO/c1-17-15-10-9-13(11-14(15)16)8-7-12-5-3-2-4-6-12/h2-11H,1H3/b8-7-. The fourth-order valence-corrected chi connectivity index (χ4v) is 2.10. The lowest BCUT2D eigenvalue weighted by atomic mass is 10.1. The smallest absolute Gasteiger partial charge is 0.133 e. The third kappa shape index (κ3) is 3.21. The lowest BCUT2D eigenvalue weighted by molar-refractivity contribution is 0.412. The Hall–Kier alpha value is -1.54. The highest BCUT2D eigenvalue weighted by Gasteiger charge is 1.98. The Morgan fingerprint density at radius 3 is 2.29 bits per heavy atom. The summed E-state index contributed by atoms with van der Waals surface area (Å²) < 4.78 is 6.16. The number of hydrogen-bond acceptors (Lipinski definition) is 1. The zero-order valence-corrected chi connectivity index (χ0v) is 11.1. The fourth-order valence-electron chi connectivity index (χ4n) is 1.54. The van der Waals surface area contributed by atoms with Gasteiger partial charge in [-0.2, -0.15) is 0 Å². The third-order valence-electron chi connectivity index (χ3n) is 2.44. The number of benzene rings is 2. The van der Waals surface area contributed by atoms with E-state index >= 15 is 0 Å². The van der Waals surface area contributed by atoms with Gasteiger partial charge in [-0.1, -0.05) is 48.6 Å². The molecule has 0 aromatic heterocycles. The first-order chi connectivity index (χ1) is 8.29. The van der Waals surface area contributed by atoms with Gasteiger partial charge in [0, 0.05) is 0 Å². The Morgan fingerprint density at radius 2 is 1.65 bits per heavy atom. The SMILES string of the molecule is COc1ccc(/C=C\c2ccccc2)cc1Br. The van der Waals surface area contributed by atoms with E-state index in [4.69, 9.17) is 4.74 Å². The van der Waals surface area contributed by atoms with Crippen LogP contribution in [0.1, 0.15) is 11.1 Å². The van der Waals surface area contributed by atoms with E-state index in [9.17, 15) is 0 Å². The van der Waals surface area contributed by atoms with Gasteiger partial charge in [-0.15, -0.1) is 0 Å². The molecule has 2 aromatic carbocycles. The van der Waals surface area contributed by atoms with Gasteiger partial charge in [0.2, 0.25) is 0 Å². The maximum atomic E-state index is 5.19. The minimum Gasteiger partial charge on any atom is -0.496 e. The van der Waals surface area contributed by atoms with Crippen LogP contribution in [0.4, 0.5) is 0 Å². The van der Waals surface area contributed by atoms with E-state index in [0.29, 0.717) is 0 Å². The van der Waals surface area contributed by atoms with E-state index in [-0.39, 0.29) is 0 Å². The molecule has 0 amide bonds. The molecule has 0 atom stereocenters. The molecule has 0 fully saturated rings. The summed E-state index contributed by atoms with van der Waals surface area (Å²) in [4.78, 5) is 0. The minimum absolute atomic E-state index is 0.849. The van der Waals surface area contributed by atoms with Crippen molar-refractivity contribution in [1.82, 2.24) is 0 Å². The number of halogens is 1. The monoisotopic (exact) mass is 288 g/mol. The van der Waals surface area contributed by atoms with Crippen LogP contribution in [-0.2, 0) is 0 Å². The van der Waals surface area contributed by atoms with Gasteiger partial charge in [-0.25, -0.2) is 0 Å². The summed E-state index contributed by atoms with van der Waals surface area (Å²) >= 11 is 3.47. The molecule has 86 valence electrons. The Labute approximate surface area is 110 Å². The van der Waals surface area contributed by atoms with Gasteiger partial charge in [0.1, 0.15) is 5.75 Å². The summed E-state index contributed by atoms with van der Waals surface area (Å²) in [6.45, 7) is 0. The van der Waals surface area contributed by atoms with Crippen molar-refractivity contribution in [2.75, 3.05) is 7.11 Å². The van der Waals surface area contributed by atoms with Crippen molar-refractivity contribution in [3.05, 3.63) is 64.1 Å². The van der Waals surface area contributed by atoms with Crippen molar-refractivity contribution >= 4 is 28.1 Å². The molecule has 0 radical (unpaired) electrons. The third-order valence-corrected chi connectivity index (χ3v) is 3.06. The van der Waals surface area contributed by atoms with Crippen LogP contribution in [0.3, 0.4) is 0 Å². The van der Waals surface area contributed by atoms with E-state index in [2.05, 4.69) is 40.2 Å². The highest BCUT2D eigenvalue weighted by Crippen LogP contribution is 2.26. The molecule has 0 N–H and O–H groups in total. The molecule has 0 unspecified atom stereocenters. The molecule has 0 heterocycles. The maximum Gasteiger partial charge on any atom is 0.133 e. The summed E-state index contributed by atoms with van der Waals surface area (Å²) in [7, 11) is 1.67. The minimum atomic E-state index is 0.849. The second kappa shape index (κ2) is 5.69. The van der Waals surface area contributed by atoms with E-state index in [1.807, 2.05) is 36.4 Å². The van der Waals surface area contributed by atoms with Gasteiger partial charge < -0.3 is 4.74 Å². The Kier molecular flexibility index (Phi) is 3.99. The van der Waals surface area contributed by atoms with Crippen LogP contribution in [-0.4, -0.2) is 7.11 Å². The molecule has 2 heteroatoms. The average molecular weight is 289 g/mol. The first-order valence-electron chi connectivity index (χ1n) is 5.36. The predicted molar refractivity (Wildman–Crippen MR) is 76.1 cm³/mol. The molecule has 0 saturated carbocycles. The highest BCUT2D eigenvalue weighted by molar-refractivity contribution is 9.10. The second-order valence-corrected chi connectivity index (χ2v) is 4.49. The van der Waals surface area contributed by atoms with Crippen LogP contribution in [0, 0.1) is 0 Å². The van der Waals surface area contributed by atoms with Gasteiger partial charge in [0.05, 0.1) is 11.6 Å². The van der Waals surface area contributed by atoms with Crippen molar-refractivity contribution < 1.29 is 4.74 Å². The molecule has 0 aliphatic rings. The molecule has 1 nitrogen and oxygen atoms in total. The van der Waals surface area contributed by atoms with Crippen LogP contribution >= 0.6 is 15.9 Å². The quantitative estimate of drug-likeness (QED) is 0.749. The number of hydrogen-bond donors (Lipinski definition) is 0. The van der Waals surface area contributed by atoms with Gasteiger partial charge in [-0.3, -0.25) is 0 Å². The van der Waals surface area contributed by atoms with E-state index in [1.54, 1.807) is 7.11 Å². The number of rotatable bonds is 3. The second-order valence-electron chi connectivity index (χ2n) is 3.64. The van der Waals surface area contributed by atoms with Crippen molar-refractivity contribution in [1.29, 1.82) is 0 Å². The predicted octanol–water partition coefficient (Wildman–Crippen LogP) is 4.63. The number of ether oxygens (including phenoxy) is 1. The van der Waals surface area contributed by atoms with Crippen LogP contribution in [0.2, 0.25) is 0 Å². The highest BCUT2D eigenvalue weighted by atomic mass is 79.9. The maximum absolute atomic E-state index is 5.19. The zero-order valence-electron chi connectivity index (χ0n) is 9.56. The normalized spacial score (nSPS) is 10.7. The van der Waals surface area contributed by atoms with Crippen molar-refractivity contribution in [2.45, 2.75) is 0 Å². The Balaban J connectivity index is 2.19. The summed E-state index contributed by atoms with van der Waals surface area (Å²) in [5.41, 5.74) is 2.33. The van der Waals surface area contributed by atoms with Crippen molar-refractivity contribution in [2.24, 2.45) is 0 Å². The largest absolute Gasteiger partial charge is 0.496 e. The summed E-state index contributed by atoms with van der Waals surface area (Å²) in [5.74, 6) is 0.849. The van der Waals surface area contributed by atoms with Gasteiger partial charge in [0.25, 0.3) is 0 Å². The average Bonchev–Trinajstić information content (AvgIpc) is 2.38. The van der Waals surface area contributed by atoms with Crippen molar-refractivity contribution in [3.63, 3.8) is 0 Å².